The maximum Gasteiger partial charge on any atom is 0.329 e. The molecule has 120 valence electrons. The number of carbonyl (C=O) groups is 2. The Morgan fingerprint density at radius 2 is 2.04 bits per heavy atom. The highest BCUT2D eigenvalue weighted by molar-refractivity contribution is 9.11. The van der Waals surface area contributed by atoms with Crippen LogP contribution < -0.4 is 5.32 Å². The van der Waals surface area contributed by atoms with Gasteiger partial charge in [0.15, 0.2) is 0 Å². The summed E-state index contributed by atoms with van der Waals surface area (Å²) in [5.74, 6) is -1.20. The molecule has 0 saturated heterocycles. The highest BCUT2D eigenvalue weighted by atomic mass is 79.9. The van der Waals surface area contributed by atoms with Crippen molar-refractivity contribution in [1.29, 1.82) is 0 Å². The number of nitrogens with one attached hydrogen (secondary N) is 1. The van der Waals surface area contributed by atoms with E-state index < -0.39 is 17.9 Å². The van der Waals surface area contributed by atoms with E-state index in [0.717, 1.165) is 14.9 Å². The van der Waals surface area contributed by atoms with E-state index in [0.29, 0.717) is 14.9 Å². The summed E-state index contributed by atoms with van der Waals surface area (Å²) in [5, 5.41) is 3.54. The molecule has 2 heterocycles. The molecule has 23 heavy (non-hydrogen) atoms. The Hall–Kier alpha value is -1.08. The zero-order valence-corrected chi connectivity index (χ0v) is 15.6. The molecule has 1 aromatic carbocycles. The Balaban J connectivity index is 2.18. The van der Waals surface area contributed by atoms with Crippen LogP contribution >= 0.6 is 50.5 Å². The molecule has 1 aliphatic rings. The van der Waals surface area contributed by atoms with Crippen molar-refractivity contribution in [3.63, 3.8) is 0 Å². The molecule has 1 aliphatic heterocycles. The van der Waals surface area contributed by atoms with Crippen LogP contribution in [0.15, 0.2) is 28.1 Å². The number of rotatable bonds is 2. The van der Waals surface area contributed by atoms with Crippen molar-refractivity contribution >= 4 is 62.3 Å². The Kier molecular flexibility index (Phi) is 4.69. The van der Waals surface area contributed by atoms with Gasteiger partial charge in [0.25, 0.3) is 5.91 Å². The molecule has 0 bridgehead atoms. The van der Waals surface area contributed by atoms with Gasteiger partial charge in [-0.15, -0.1) is 11.3 Å². The van der Waals surface area contributed by atoms with E-state index in [1.165, 1.54) is 18.4 Å². The van der Waals surface area contributed by atoms with Crippen LogP contribution in [0.4, 0.5) is 0 Å². The van der Waals surface area contributed by atoms with Gasteiger partial charge in [0.1, 0.15) is 6.04 Å². The summed E-state index contributed by atoms with van der Waals surface area (Å²) in [7, 11) is 1.29. The van der Waals surface area contributed by atoms with Gasteiger partial charge in [0, 0.05) is 5.92 Å². The molecular weight excluding hydrogens is 425 g/mol. The molecule has 0 radical (unpaired) electrons. The minimum absolute atomic E-state index is 0.289. The number of carbonyl (C=O) groups excluding carboxylic acids is 2. The Bertz CT molecular complexity index is 808. The molecular formula is C15H10BrCl2NO3S. The molecule has 1 amide bonds. The average Bonchev–Trinajstić information content (AvgIpc) is 2.91. The molecule has 2 atom stereocenters. The van der Waals surface area contributed by atoms with Gasteiger partial charge in [-0.05, 0) is 45.3 Å². The fourth-order valence-corrected chi connectivity index (χ4v) is 4.53. The molecule has 0 spiro atoms. The third kappa shape index (κ3) is 3.01. The molecule has 2 aromatic rings. The molecule has 0 unspecified atom stereocenters. The van der Waals surface area contributed by atoms with Crippen LogP contribution in [0.1, 0.15) is 26.7 Å². The highest BCUT2D eigenvalue weighted by Crippen LogP contribution is 2.41. The zero-order chi connectivity index (χ0) is 16.7. The Morgan fingerprint density at radius 3 is 2.70 bits per heavy atom. The molecule has 4 nitrogen and oxygen atoms in total. The first-order chi connectivity index (χ1) is 10.9. The topological polar surface area (TPSA) is 55.4 Å². The van der Waals surface area contributed by atoms with Crippen molar-refractivity contribution in [2.24, 2.45) is 0 Å². The van der Waals surface area contributed by atoms with Crippen molar-refractivity contribution in [1.82, 2.24) is 5.32 Å². The highest BCUT2D eigenvalue weighted by Gasteiger charge is 2.41. The number of thiophene rings is 1. The summed E-state index contributed by atoms with van der Waals surface area (Å²) in [6.07, 6.45) is 0. The Morgan fingerprint density at radius 1 is 1.30 bits per heavy atom. The van der Waals surface area contributed by atoms with E-state index in [4.69, 9.17) is 27.9 Å². The monoisotopic (exact) mass is 433 g/mol. The number of methoxy groups -OCH3 is 1. The van der Waals surface area contributed by atoms with E-state index in [1.54, 1.807) is 18.2 Å². The fourth-order valence-electron chi connectivity index (χ4n) is 2.65. The molecule has 8 heteroatoms. The normalized spacial score (nSPS) is 19.9. The van der Waals surface area contributed by atoms with Gasteiger partial charge in [-0.25, -0.2) is 4.79 Å². The van der Waals surface area contributed by atoms with Gasteiger partial charge < -0.3 is 10.1 Å². The number of hydrogen-bond donors (Lipinski definition) is 1. The van der Waals surface area contributed by atoms with Crippen LogP contribution in [-0.4, -0.2) is 25.0 Å². The quantitative estimate of drug-likeness (QED) is 0.719. The Labute approximate surface area is 154 Å². The lowest BCUT2D eigenvalue weighted by atomic mass is 9.82. The van der Waals surface area contributed by atoms with Gasteiger partial charge >= 0.3 is 5.97 Å². The van der Waals surface area contributed by atoms with E-state index >= 15 is 0 Å². The lowest BCUT2D eigenvalue weighted by molar-refractivity contribution is -0.143. The number of amides is 1. The lowest BCUT2D eigenvalue weighted by Crippen LogP contribution is -2.49. The minimum Gasteiger partial charge on any atom is -0.467 e. The standard InChI is InChI=1S/C15H10BrCl2NO3S/c1-22-15(21)12-11(6-2-3-8(17)9(18)4-6)7-5-10(16)23-13(7)14(20)19-12/h2-5,11-12H,1H3,(H,19,20)/t11-,12-/m1/s1. The second kappa shape index (κ2) is 6.43. The molecule has 0 fully saturated rings. The van der Waals surface area contributed by atoms with Crippen LogP contribution in [-0.2, 0) is 9.53 Å². The number of halogens is 3. The van der Waals surface area contributed by atoms with Crippen LogP contribution in [0.5, 0.6) is 0 Å². The van der Waals surface area contributed by atoms with Crippen LogP contribution in [0.3, 0.4) is 0 Å². The molecule has 0 aliphatic carbocycles. The van der Waals surface area contributed by atoms with Crippen LogP contribution in [0.25, 0.3) is 0 Å². The second-order valence-corrected chi connectivity index (χ2v) is 8.21. The third-order valence-electron chi connectivity index (χ3n) is 3.65. The predicted octanol–water partition coefficient (Wildman–Crippen LogP) is 4.23. The predicted molar refractivity (Wildman–Crippen MR) is 93.6 cm³/mol. The first-order valence-corrected chi connectivity index (χ1v) is 8.91. The first kappa shape index (κ1) is 16.8. The van der Waals surface area contributed by atoms with Crippen molar-refractivity contribution in [2.75, 3.05) is 7.11 Å². The smallest absolute Gasteiger partial charge is 0.329 e. The SMILES string of the molecule is COC(=O)[C@@H]1NC(=O)c2sc(Br)cc2[C@H]1c1ccc(Cl)c(Cl)c1. The number of esters is 1. The van der Waals surface area contributed by atoms with E-state index in [2.05, 4.69) is 21.2 Å². The minimum atomic E-state index is -0.821. The van der Waals surface area contributed by atoms with Crippen molar-refractivity contribution in [3.05, 3.63) is 54.1 Å². The van der Waals surface area contributed by atoms with Crippen molar-refractivity contribution in [3.8, 4) is 0 Å². The summed E-state index contributed by atoms with van der Waals surface area (Å²) < 4.78 is 5.66. The van der Waals surface area contributed by atoms with Crippen LogP contribution in [0.2, 0.25) is 10.0 Å². The maximum absolute atomic E-state index is 12.3. The van der Waals surface area contributed by atoms with E-state index in [-0.39, 0.29) is 5.91 Å². The fraction of sp³-hybridized carbons (Fsp3) is 0.200. The zero-order valence-electron chi connectivity index (χ0n) is 11.7. The summed E-state index contributed by atoms with van der Waals surface area (Å²) in [5.41, 5.74) is 1.54. The van der Waals surface area contributed by atoms with Crippen LogP contribution in [0, 0.1) is 0 Å². The summed E-state index contributed by atoms with van der Waals surface area (Å²) in [4.78, 5) is 25.0. The summed E-state index contributed by atoms with van der Waals surface area (Å²) in [6.45, 7) is 0. The van der Waals surface area contributed by atoms with E-state index in [9.17, 15) is 9.59 Å². The largest absolute Gasteiger partial charge is 0.467 e. The maximum atomic E-state index is 12.3. The number of hydrogen-bond acceptors (Lipinski definition) is 4. The molecule has 1 aromatic heterocycles. The summed E-state index contributed by atoms with van der Waals surface area (Å²) >= 11 is 16.8. The van der Waals surface area contributed by atoms with Gasteiger partial charge in [-0.3, -0.25) is 4.79 Å². The average molecular weight is 435 g/mol. The number of fused-ring (bicyclic) bond motifs is 1. The number of benzene rings is 1. The van der Waals surface area contributed by atoms with Crippen molar-refractivity contribution in [2.45, 2.75) is 12.0 Å². The van der Waals surface area contributed by atoms with E-state index in [1.807, 2.05) is 6.07 Å². The first-order valence-electron chi connectivity index (χ1n) is 6.55. The molecule has 0 saturated carbocycles. The van der Waals surface area contributed by atoms with Gasteiger partial charge in [0.2, 0.25) is 0 Å². The molecule has 1 N–H and O–H groups in total. The van der Waals surface area contributed by atoms with Gasteiger partial charge in [0.05, 0.1) is 25.8 Å². The third-order valence-corrected chi connectivity index (χ3v) is 6.04. The number of ether oxygens (including phenoxy) is 1. The molecule has 3 rings (SSSR count). The lowest BCUT2D eigenvalue weighted by Gasteiger charge is -2.31. The van der Waals surface area contributed by atoms with Gasteiger partial charge in [-0.1, -0.05) is 29.3 Å². The van der Waals surface area contributed by atoms with Gasteiger partial charge in [-0.2, -0.15) is 0 Å². The second-order valence-electron chi connectivity index (χ2n) is 4.96. The summed E-state index contributed by atoms with van der Waals surface area (Å²) in [6, 6.07) is 6.20. The van der Waals surface area contributed by atoms with Crippen molar-refractivity contribution < 1.29 is 14.3 Å².